The highest BCUT2D eigenvalue weighted by Gasteiger charge is 2.29. The summed E-state index contributed by atoms with van der Waals surface area (Å²) in [6.45, 7) is 0.162. The van der Waals surface area contributed by atoms with Crippen molar-refractivity contribution in [3.05, 3.63) is 99.1 Å². The molecule has 4 rings (SSSR count). The van der Waals surface area contributed by atoms with Crippen LogP contribution in [-0.4, -0.2) is 46.8 Å². The van der Waals surface area contributed by atoms with Crippen molar-refractivity contribution in [1.29, 1.82) is 0 Å². The Bertz CT molecular complexity index is 1210. The molecule has 0 radical (unpaired) electrons. The number of ether oxygens (including phenoxy) is 1. The molecule has 3 aromatic rings. The standard InChI is InChI=1S/C26H24N2O7/c29-14-16-13-17(28(33)34)9-10-18(16)25(31)24(30)11-12-27-26(32)35-15-23-21-7-3-1-5-19(21)20-6-2-4-8-22(20)23/h1-10,13-14,23-25,30-31H,11-12,15H2,(H,27,32). The van der Waals surface area contributed by atoms with Gasteiger partial charge in [0.15, 0.2) is 6.29 Å². The topological polar surface area (TPSA) is 139 Å². The lowest BCUT2D eigenvalue weighted by atomic mass is 9.97. The highest BCUT2D eigenvalue weighted by atomic mass is 16.6. The van der Waals surface area contributed by atoms with Crippen LogP contribution in [0.1, 0.15) is 45.5 Å². The Morgan fingerprint density at radius 2 is 1.69 bits per heavy atom. The van der Waals surface area contributed by atoms with Gasteiger partial charge in [-0.2, -0.15) is 0 Å². The van der Waals surface area contributed by atoms with Gasteiger partial charge in [0, 0.05) is 30.2 Å². The Balaban J connectivity index is 1.30. The van der Waals surface area contributed by atoms with E-state index in [4.69, 9.17) is 4.74 Å². The van der Waals surface area contributed by atoms with E-state index in [1.807, 2.05) is 48.5 Å². The van der Waals surface area contributed by atoms with E-state index >= 15 is 0 Å². The number of carbonyl (C=O) groups excluding carboxylic acids is 2. The molecule has 0 aromatic heterocycles. The lowest BCUT2D eigenvalue weighted by Gasteiger charge is -2.20. The zero-order chi connectivity index (χ0) is 24.9. The number of carbonyl (C=O) groups is 2. The van der Waals surface area contributed by atoms with Crippen molar-refractivity contribution in [2.75, 3.05) is 13.2 Å². The fraction of sp³-hybridized carbons (Fsp3) is 0.231. The minimum Gasteiger partial charge on any atom is -0.449 e. The SMILES string of the molecule is O=Cc1cc([N+](=O)[O-])ccc1C(O)C(O)CCNC(=O)OCC1c2ccccc2-c2ccccc21. The molecule has 1 amide bonds. The Kier molecular flexibility index (Phi) is 7.19. The predicted octanol–water partition coefficient (Wildman–Crippen LogP) is 3.73. The lowest BCUT2D eigenvalue weighted by Crippen LogP contribution is -2.31. The zero-order valence-corrected chi connectivity index (χ0v) is 18.7. The van der Waals surface area contributed by atoms with Crippen molar-refractivity contribution in [2.45, 2.75) is 24.5 Å². The van der Waals surface area contributed by atoms with Crippen LogP contribution in [0.3, 0.4) is 0 Å². The number of nitro benzene ring substituents is 1. The Morgan fingerprint density at radius 3 is 2.29 bits per heavy atom. The second-order valence-electron chi connectivity index (χ2n) is 8.24. The number of non-ortho nitro benzene ring substituents is 1. The maximum atomic E-state index is 12.3. The van der Waals surface area contributed by atoms with E-state index in [9.17, 15) is 29.9 Å². The first-order chi connectivity index (χ1) is 16.9. The van der Waals surface area contributed by atoms with Gasteiger partial charge < -0.3 is 20.3 Å². The van der Waals surface area contributed by atoms with Crippen molar-refractivity contribution >= 4 is 18.1 Å². The van der Waals surface area contributed by atoms with Crippen LogP contribution in [0, 0.1) is 10.1 Å². The molecule has 0 heterocycles. The predicted molar refractivity (Wildman–Crippen MR) is 127 cm³/mol. The number of amides is 1. The number of aliphatic hydroxyl groups is 2. The summed E-state index contributed by atoms with van der Waals surface area (Å²) in [5.41, 5.74) is 4.11. The van der Waals surface area contributed by atoms with Gasteiger partial charge in [-0.15, -0.1) is 0 Å². The van der Waals surface area contributed by atoms with Crippen molar-refractivity contribution in [3.63, 3.8) is 0 Å². The molecule has 2 atom stereocenters. The molecule has 0 fully saturated rings. The summed E-state index contributed by atoms with van der Waals surface area (Å²) in [6, 6.07) is 19.4. The average molecular weight is 476 g/mol. The summed E-state index contributed by atoms with van der Waals surface area (Å²) in [5, 5.41) is 34.1. The van der Waals surface area contributed by atoms with Crippen molar-refractivity contribution in [2.24, 2.45) is 0 Å². The number of benzene rings is 3. The van der Waals surface area contributed by atoms with Crippen molar-refractivity contribution in [1.82, 2.24) is 5.32 Å². The number of fused-ring (bicyclic) bond motifs is 3. The number of nitro groups is 1. The molecule has 0 spiro atoms. The van der Waals surface area contributed by atoms with E-state index in [2.05, 4.69) is 5.32 Å². The fourth-order valence-electron chi connectivity index (χ4n) is 4.38. The lowest BCUT2D eigenvalue weighted by molar-refractivity contribution is -0.384. The van der Waals surface area contributed by atoms with Crippen LogP contribution >= 0.6 is 0 Å². The fourth-order valence-corrected chi connectivity index (χ4v) is 4.38. The number of aldehydes is 1. The van der Waals surface area contributed by atoms with E-state index in [1.54, 1.807) is 0 Å². The highest BCUT2D eigenvalue weighted by molar-refractivity contribution is 5.79. The molecule has 1 aliphatic carbocycles. The first-order valence-electron chi connectivity index (χ1n) is 11.1. The number of alkyl carbamates (subject to hydrolysis) is 1. The minimum absolute atomic E-state index is 0.0122. The molecule has 1 aliphatic rings. The minimum atomic E-state index is -1.46. The van der Waals surface area contributed by atoms with Crippen molar-refractivity contribution < 1.29 is 29.5 Å². The van der Waals surface area contributed by atoms with Gasteiger partial charge in [-0.05, 0) is 40.3 Å². The molecule has 3 N–H and O–H groups in total. The van der Waals surface area contributed by atoms with Gasteiger partial charge in [-0.25, -0.2) is 4.79 Å². The van der Waals surface area contributed by atoms with Gasteiger partial charge in [0.05, 0.1) is 11.0 Å². The van der Waals surface area contributed by atoms with E-state index in [-0.39, 0.29) is 42.3 Å². The van der Waals surface area contributed by atoms with Gasteiger partial charge >= 0.3 is 6.09 Å². The summed E-state index contributed by atoms with van der Waals surface area (Å²) in [4.78, 5) is 33.8. The number of nitrogens with one attached hydrogen (secondary N) is 1. The largest absolute Gasteiger partial charge is 0.449 e. The van der Waals surface area contributed by atoms with Crippen LogP contribution in [-0.2, 0) is 4.74 Å². The zero-order valence-electron chi connectivity index (χ0n) is 18.7. The van der Waals surface area contributed by atoms with E-state index in [0.29, 0.717) is 6.29 Å². The maximum Gasteiger partial charge on any atom is 0.407 e. The second kappa shape index (κ2) is 10.5. The Labute approximate surface area is 201 Å². The smallest absolute Gasteiger partial charge is 0.407 e. The number of nitrogens with zero attached hydrogens (tertiary/aromatic N) is 1. The molecular formula is C26H24N2O7. The molecule has 180 valence electrons. The van der Waals surface area contributed by atoms with E-state index in [1.165, 1.54) is 6.07 Å². The summed E-state index contributed by atoms with van der Waals surface area (Å²) in [7, 11) is 0. The first kappa shape index (κ1) is 24.1. The van der Waals surface area contributed by atoms with Crippen LogP contribution in [0.4, 0.5) is 10.5 Å². The summed E-state index contributed by atoms with van der Waals surface area (Å²) in [6.07, 6.45) is -3.07. The van der Waals surface area contributed by atoms with Gasteiger partial charge in [0.2, 0.25) is 0 Å². The molecule has 2 unspecified atom stereocenters. The third kappa shape index (κ3) is 5.06. The highest BCUT2D eigenvalue weighted by Crippen LogP contribution is 2.44. The molecule has 3 aromatic carbocycles. The molecule has 0 saturated heterocycles. The average Bonchev–Trinajstić information content (AvgIpc) is 3.20. The number of rotatable bonds is 9. The quantitative estimate of drug-likeness (QED) is 0.243. The normalized spacial score (nSPS) is 13.9. The van der Waals surface area contributed by atoms with Gasteiger partial charge in [0.1, 0.15) is 12.7 Å². The molecule has 0 saturated carbocycles. The van der Waals surface area contributed by atoms with E-state index < -0.39 is 23.2 Å². The summed E-state index contributed by atoms with van der Waals surface area (Å²) < 4.78 is 5.43. The molecule has 0 aliphatic heterocycles. The Hall–Kier alpha value is -4.08. The third-order valence-electron chi connectivity index (χ3n) is 6.14. The maximum absolute atomic E-state index is 12.3. The van der Waals surface area contributed by atoms with Crippen LogP contribution in [0.15, 0.2) is 66.7 Å². The summed E-state index contributed by atoms with van der Waals surface area (Å²) >= 11 is 0. The van der Waals surface area contributed by atoms with Crippen LogP contribution in [0.5, 0.6) is 0 Å². The van der Waals surface area contributed by atoms with E-state index in [0.717, 1.165) is 34.4 Å². The summed E-state index contributed by atoms with van der Waals surface area (Å²) in [5.74, 6) is -0.0792. The van der Waals surface area contributed by atoms with Crippen LogP contribution < -0.4 is 5.32 Å². The number of hydrogen-bond acceptors (Lipinski definition) is 7. The van der Waals surface area contributed by atoms with Gasteiger partial charge in [-0.1, -0.05) is 48.5 Å². The second-order valence-corrected chi connectivity index (χ2v) is 8.24. The number of aliphatic hydroxyl groups excluding tert-OH is 2. The first-order valence-corrected chi connectivity index (χ1v) is 11.1. The third-order valence-corrected chi connectivity index (χ3v) is 6.14. The Morgan fingerprint density at radius 1 is 1.06 bits per heavy atom. The van der Waals surface area contributed by atoms with Crippen LogP contribution in [0.25, 0.3) is 11.1 Å². The molecule has 35 heavy (non-hydrogen) atoms. The monoisotopic (exact) mass is 476 g/mol. The molecule has 9 heteroatoms. The van der Waals surface area contributed by atoms with Crippen molar-refractivity contribution in [3.8, 4) is 11.1 Å². The van der Waals surface area contributed by atoms with Gasteiger partial charge in [-0.3, -0.25) is 14.9 Å². The number of hydrogen-bond donors (Lipinski definition) is 3. The molecule has 9 nitrogen and oxygen atoms in total. The van der Waals surface area contributed by atoms with Gasteiger partial charge in [0.25, 0.3) is 5.69 Å². The molecule has 0 bridgehead atoms. The molecular weight excluding hydrogens is 452 g/mol. The van der Waals surface area contributed by atoms with Crippen LogP contribution in [0.2, 0.25) is 0 Å².